The fourth-order valence-corrected chi connectivity index (χ4v) is 1.88. The van der Waals surface area contributed by atoms with Crippen LogP contribution in [-0.2, 0) is 0 Å². The molecule has 5 nitrogen and oxygen atoms in total. The van der Waals surface area contributed by atoms with Gasteiger partial charge in [-0.2, -0.15) is 0 Å². The fourth-order valence-electron chi connectivity index (χ4n) is 1.37. The Balaban J connectivity index is 2.46. The van der Waals surface area contributed by atoms with E-state index in [9.17, 15) is 10.1 Å². The Morgan fingerprint density at radius 2 is 2.18 bits per heavy atom. The number of benzene rings is 1. The van der Waals surface area contributed by atoms with E-state index < -0.39 is 4.92 Å². The van der Waals surface area contributed by atoms with Crippen LogP contribution in [0.3, 0.4) is 0 Å². The Kier molecular flexibility index (Phi) is 5.93. The Hall–Kier alpha value is -1.14. The van der Waals surface area contributed by atoms with Gasteiger partial charge in [0.15, 0.2) is 0 Å². The summed E-state index contributed by atoms with van der Waals surface area (Å²) in [6.07, 6.45) is 1.01. The molecule has 6 heteroatoms. The molecular weight excluding hydrogens is 286 g/mol. The van der Waals surface area contributed by atoms with Crippen molar-refractivity contribution in [2.75, 3.05) is 25.0 Å². The van der Waals surface area contributed by atoms with Crippen LogP contribution in [-0.4, -0.2) is 24.6 Å². The van der Waals surface area contributed by atoms with Crippen molar-refractivity contribution >= 4 is 27.3 Å². The lowest BCUT2D eigenvalue weighted by atomic mass is 10.3. The number of hydrogen-bond acceptors (Lipinski definition) is 4. The maximum absolute atomic E-state index is 10.6. The zero-order valence-electron chi connectivity index (χ0n) is 9.70. The van der Waals surface area contributed by atoms with Gasteiger partial charge in [-0.1, -0.05) is 6.92 Å². The largest absolute Gasteiger partial charge is 0.384 e. The van der Waals surface area contributed by atoms with Crippen molar-refractivity contribution in [2.45, 2.75) is 13.3 Å². The molecule has 0 aromatic heterocycles. The second-order valence-corrected chi connectivity index (χ2v) is 4.41. The lowest BCUT2D eigenvalue weighted by Crippen LogP contribution is -2.17. The first-order valence-electron chi connectivity index (χ1n) is 5.53. The van der Waals surface area contributed by atoms with E-state index in [1.807, 2.05) is 0 Å². The van der Waals surface area contributed by atoms with Crippen LogP contribution in [0.15, 0.2) is 22.7 Å². The summed E-state index contributed by atoms with van der Waals surface area (Å²) in [6, 6.07) is 4.72. The van der Waals surface area contributed by atoms with E-state index >= 15 is 0 Å². The molecule has 0 aliphatic rings. The van der Waals surface area contributed by atoms with E-state index in [2.05, 4.69) is 33.5 Å². The van der Waals surface area contributed by atoms with E-state index in [4.69, 9.17) is 0 Å². The maximum Gasteiger partial charge on any atom is 0.270 e. The molecule has 1 rings (SSSR count). The molecule has 17 heavy (non-hydrogen) atoms. The molecule has 0 saturated carbocycles. The van der Waals surface area contributed by atoms with Crippen LogP contribution in [0.4, 0.5) is 11.4 Å². The van der Waals surface area contributed by atoms with Crippen LogP contribution in [0.25, 0.3) is 0 Å². The number of anilines is 1. The molecule has 0 bridgehead atoms. The van der Waals surface area contributed by atoms with E-state index in [0.29, 0.717) is 0 Å². The zero-order valence-corrected chi connectivity index (χ0v) is 11.3. The number of nitrogens with one attached hydrogen (secondary N) is 2. The Morgan fingerprint density at radius 1 is 1.41 bits per heavy atom. The quantitative estimate of drug-likeness (QED) is 0.462. The van der Waals surface area contributed by atoms with Crippen LogP contribution in [0.5, 0.6) is 0 Å². The van der Waals surface area contributed by atoms with Gasteiger partial charge in [0.2, 0.25) is 0 Å². The van der Waals surface area contributed by atoms with Crippen LogP contribution < -0.4 is 10.6 Å². The lowest BCUT2D eigenvalue weighted by Gasteiger charge is -2.08. The smallest absolute Gasteiger partial charge is 0.270 e. The van der Waals surface area contributed by atoms with Gasteiger partial charge in [-0.25, -0.2) is 0 Å². The SMILES string of the molecule is CCNCCCNc1ccc([N+](=O)[O-])cc1Br. The van der Waals surface area contributed by atoms with Crippen LogP contribution >= 0.6 is 15.9 Å². The van der Waals surface area contributed by atoms with Gasteiger partial charge in [0, 0.05) is 28.8 Å². The predicted molar refractivity (Wildman–Crippen MR) is 72.4 cm³/mol. The number of non-ortho nitro benzene ring substituents is 1. The standard InChI is InChI=1S/C11H16BrN3O2/c1-2-13-6-3-7-14-11-5-4-9(15(16)17)8-10(11)12/h4-5,8,13-14H,2-3,6-7H2,1H3. The molecule has 1 aromatic carbocycles. The number of halogens is 1. The first kappa shape index (κ1) is 13.9. The number of nitrogens with zero attached hydrogens (tertiary/aromatic N) is 1. The van der Waals surface area contributed by atoms with Gasteiger partial charge >= 0.3 is 0 Å². The number of nitro groups is 1. The topological polar surface area (TPSA) is 67.2 Å². The summed E-state index contributed by atoms with van der Waals surface area (Å²) in [7, 11) is 0. The summed E-state index contributed by atoms with van der Waals surface area (Å²) < 4.78 is 0.718. The summed E-state index contributed by atoms with van der Waals surface area (Å²) in [5.74, 6) is 0. The average molecular weight is 302 g/mol. The van der Waals surface area contributed by atoms with Gasteiger partial charge in [0.1, 0.15) is 0 Å². The van der Waals surface area contributed by atoms with Gasteiger partial charge in [0.05, 0.1) is 4.92 Å². The zero-order chi connectivity index (χ0) is 12.7. The monoisotopic (exact) mass is 301 g/mol. The molecular formula is C11H16BrN3O2. The first-order valence-corrected chi connectivity index (χ1v) is 6.33. The number of nitro benzene ring substituents is 1. The minimum absolute atomic E-state index is 0.0927. The molecule has 94 valence electrons. The van der Waals surface area contributed by atoms with Crippen LogP contribution in [0.2, 0.25) is 0 Å². The number of rotatable bonds is 7. The summed E-state index contributed by atoms with van der Waals surface area (Å²) in [5, 5.41) is 17.0. The minimum Gasteiger partial charge on any atom is -0.384 e. The van der Waals surface area contributed by atoms with Crippen LogP contribution in [0.1, 0.15) is 13.3 Å². The molecule has 1 aromatic rings. The minimum atomic E-state index is -0.403. The second-order valence-electron chi connectivity index (χ2n) is 3.56. The molecule has 0 aliphatic carbocycles. The van der Waals surface area contributed by atoms with Crippen molar-refractivity contribution in [3.05, 3.63) is 32.8 Å². The molecule has 0 atom stereocenters. The average Bonchev–Trinajstić information content (AvgIpc) is 2.30. The normalized spacial score (nSPS) is 10.2. The fraction of sp³-hybridized carbons (Fsp3) is 0.455. The van der Waals surface area contributed by atoms with Crippen molar-refractivity contribution in [3.8, 4) is 0 Å². The Labute approximate surface area is 109 Å². The molecule has 0 amide bonds. The highest BCUT2D eigenvalue weighted by Crippen LogP contribution is 2.26. The summed E-state index contributed by atoms with van der Waals surface area (Å²) >= 11 is 3.32. The highest BCUT2D eigenvalue weighted by Gasteiger charge is 2.08. The second kappa shape index (κ2) is 7.24. The number of hydrogen-bond donors (Lipinski definition) is 2. The predicted octanol–water partition coefficient (Wildman–Crippen LogP) is 2.77. The van der Waals surface area contributed by atoms with Gasteiger partial charge in [0.25, 0.3) is 5.69 Å². The third-order valence-corrected chi connectivity index (χ3v) is 2.92. The van der Waals surface area contributed by atoms with E-state index in [1.54, 1.807) is 6.07 Å². The molecule has 0 heterocycles. The van der Waals surface area contributed by atoms with Crippen LogP contribution in [0, 0.1) is 10.1 Å². The van der Waals surface area contributed by atoms with Gasteiger partial charge in [-0.15, -0.1) is 0 Å². The van der Waals surface area contributed by atoms with E-state index in [0.717, 1.165) is 36.2 Å². The maximum atomic E-state index is 10.6. The van der Waals surface area contributed by atoms with Crippen molar-refractivity contribution in [3.63, 3.8) is 0 Å². The molecule has 0 fully saturated rings. The van der Waals surface area contributed by atoms with Crippen molar-refractivity contribution in [1.29, 1.82) is 0 Å². The third-order valence-electron chi connectivity index (χ3n) is 2.26. The van der Waals surface area contributed by atoms with E-state index in [-0.39, 0.29) is 5.69 Å². The Morgan fingerprint density at radius 3 is 2.76 bits per heavy atom. The van der Waals surface area contributed by atoms with Gasteiger partial charge < -0.3 is 10.6 Å². The third kappa shape index (κ3) is 4.70. The first-order chi connectivity index (χ1) is 8.15. The highest BCUT2D eigenvalue weighted by molar-refractivity contribution is 9.10. The highest BCUT2D eigenvalue weighted by atomic mass is 79.9. The summed E-state index contributed by atoms with van der Waals surface area (Å²) in [5.41, 5.74) is 0.974. The van der Waals surface area contributed by atoms with Gasteiger partial charge in [-0.3, -0.25) is 10.1 Å². The van der Waals surface area contributed by atoms with E-state index in [1.165, 1.54) is 12.1 Å². The molecule has 0 unspecified atom stereocenters. The Bertz CT molecular complexity index is 385. The van der Waals surface area contributed by atoms with Gasteiger partial charge in [-0.05, 0) is 41.5 Å². The van der Waals surface area contributed by atoms with Crippen molar-refractivity contribution in [2.24, 2.45) is 0 Å². The lowest BCUT2D eigenvalue weighted by molar-refractivity contribution is -0.384. The molecule has 0 saturated heterocycles. The molecule has 0 spiro atoms. The molecule has 0 radical (unpaired) electrons. The summed E-state index contributed by atoms with van der Waals surface area (Å²) in [6.45, 7) is 4.85. The van der Waals surface area contributed by atoms with Crippen molar-refractivity contribution in [1.82, 2.24) is 5.32 Å². The van der Waals surface area contributed by atoms with Crippen molar-refractivity contribution < 1.29 is 4.92 Å². The summed E-state index contributed by atoms with van der Waals surface area (Å²) in [4.78, 5) is 10.1. The molecule has 0 aliphatic heterocycles. The molecule has 2 N–H and O–H groups in total.